The normalized spacial score (nSPS) is 15.4. The monoisotopic (exact) mass is 256 g/mol. The predicted molar refractivity (Wildman–Crippen MR) is 79.5 cm³/mol. The molecule has 2 rings (SSSR count). The minimum atomic E-state index is 0.155. The number of allylic oxidation sites excluding steroid dienone is 1. The van der Waals surface area contributed by atoms with Crippen molar-refractivity contribution in [3.63, 3.8) is 0 Å². The number of hydrogen-bond donors (Lipinski definition) is 1. The van der Waals surface area contributed by atoms with E-state index in [2.05, 4.69) is 42.1 Å². The highest BCUT2D eigenvalue weighted by Crippen LogP contribution is 2.15. The first-order chi connectivity index (χ1) is 9.15. The Kier molecular flexibility index (Phi) is 4.12. The number of aliphatic imine (C=N–C) groups is 1. The summed E-state index contributed by atoms with van der Waals surface area (Å²) in [5.74, 6) is 0. The van der Waals surface area contributed by atoms with Gasteiger partial charge < -0.3 is 9.72 Å². The topological polar surface area (TPSA) is 41.7 Å². The van der Waals surface area contributed by atoms with Crippen LogP contribution in [0.2, 0.25) is 0 Å². The summed E-state index contributed by atoms with van der Waals surface area (Å²) in [6.45, 7) is 9.75. The van der Waals surface area contributed by atoms with E-state index in [1.165, 1.54) is 0 Å². The van der Waals surface area contributed by atoms with Crippen molar-refractivity contribution in [1.82, 2.24) is 14.7 Å². The van der Waals surface area contributed by atoms with Gasteiger partial charge in [-0.25, -0.2) is 4.98 Å². The van der Waals surface area contributed by atoms with Crippen LogP contribution < -0.4 is 5.32 Å². The molecule has 0 aliphatic heterocycles. The summed E-state index contributed by atoms with van der Waals surface area (Å²) < 4.78 is 2.03. The van der Waals surface area contributed by atoms with Crippen LogP contribution in [0.25, 0.3) is 5.65 Å². The van der Waals surface area contributed by atoms with Crippen LogP contribution in [0.1, 0.15) is 32.5 Å². The fraction of sp³-hybridized carbons (Fsp3) is 0.333. The van der Waals surface area contributed by atoms with Gasteiger partial charge in [0.1, 0.15) is 5.65 Å². The minimum absolute atomic E-state index is 0.155. The first-order valence-corrected chi connectivity index (χ1v) is 6.48. The number of nitrogens with one attached hydrogen (secondary N) is 1. The maximum Gasteiger partial charge on any atom is 0.137 e. The Hall–Kier alpha value is -1.94. The standard InChI is InChI=1S/C15H20N4/c1-5-13(16-4)11(2)17-12(3)14-10-19-9-7-6-8-15(19)18-14/h5-12,17H,4H2,1-3H3/b13-5+. The molecule has 0 fully saturated rings. The third kappa shape index (κ3) is 2.90. The maximum atomic E-state index is 4.61. The molecule has 0 amide bonds. The molecule has 0 radical (unpaired) electrons. The molecule has 0 saturated carbocycles. The smallest absolute Gasteiger partial charge is 0.137 e. The van der Waals surface area contributed by atoms with Crippen molar-refractivity contribution in [2.24, 2.45) is 4.99 Å². The van der Waals surface area contributed by atoms with E-state index >= 15 is 0 Å². The fourth-order valence-electron chi connectivity index (χ4n) is 2.19. The number of aromatic nitrogens is 2. The quantitative estimate of drug-likeness (QED) is 0.836. The molecule has 4 heteroatoms. The second-order valence-corrected chi connectivity index (χ2v) is 4.61. The first-order valence-electron chi connectivity index (χ1n) is 6.48. The number of imidazole rings is 1. The van der Waals surface area contributed by atoms with E-state index in [-0.39, 0.29) is 12.1 Å². The lowest BCUT2D eigenvalue weighted by Gasteiger charge is -2.18. The van der Waals surface area contributed by atoms with Gasteiger partial charge in [-0.05, 0) is 39.6 Å². The van der Waals surface area contributed by atoms with Crippen molar-refractivity contribution in [3.05, 3.63) is 48.1 Å². The molecule has 19 heavy (non-hydrogen) atoms. The number of fused-ring (bicyclic) bond motifs is 1. The van der Waals surface area contributed by atoms with Crippen LogP contribution in [0, 0.1) is 0 Å². The van der Waals surface area contributed by atoms with Crippen LogP contribution in [-0.2, 0) is 0 Å². The van der Waals surface area contributed by atoms with Crippen molar-refractivity contribution in [2.45, 2.75) is 32.9 Å². The molecular weight excluding hydrogens is 236 g/mol. The van der Waals surface area contributed by atoms with E-state index < -0.39 is 0 Å². The zero-order valence-electron chi connectivity index (χ0n) is 11.7. The maximum absolute atomic E-state index is 4.61. The van der Waals surface area contributed by atoms with Crippen LogP contribution in [-0.4, -0.2) is 22.1 Å². The molecular formula is C15H20N4. The van der Waals surface area contributed by atoms with Gasteiger partial charge in [0.25, 0.3) is 0 Å². The fourth-order valence-corrected chi connectivity index (χ4v) is 2.19. The van der Waals surface area contributed by atoms with Gasteiger partial charge in [-0.15, -0.1) is 0 Å². The summed E-state index contributed by atoms with van der Waals surface area (Å²) in [6.07, 6.45) is 6.03. The van der Waals surface area contributed by atoms with Crippen LogP contribution in [0.5, 0.6) is 0 Å². The number of nitrogens with zero attached hydrogens (tertiary/aromatic N) is 3. The SMILES string of the molecule is C=N/C(=C/C)C(C)NC(C)c1cn2ccccc2n1. The van der Waals surface area contributed by atoms with E-state index in [9.17, 15) is 0 Å². The minimum Gasteiger partial charge on any atom is -0.307 e. The molecule has 0 spiro atoms. The summed E-state index contributed by atoms with van der Waals surface area (Å²) in [4.78, 5) is 8.63. The highest BCUT2D eigenvalue weighted by Gasteiger charge is 2.14. The Labute approximate surface area is 113 Å². The molecule has 0 saturated heterocycles. The van der Waals surface area contributed by atoms with Gasteiger partial charge >= 0.3 is 0 Å². The van der Waals surface area contributed by atoms with Crippen LogP contribution in [0.3, 0.4) is 0 Å². The third-order valence-electron chi connectivity index (χ3n) is 3.25. The van der Waals surface area contributed by atoms with E-state index in [4.69, 9.17) is 0 Å². The molecule has 0 bridgehead atoms. The molecule has 0 aliphatic carbocycles. The summed E-state index contributed by atoms with van der Waals surface area (Å²) >= 11 is 0. The zero-order chi connectivity index (χ0) is 13.8. The van der Waals surface area contributed by atoms with Crippen molar-refractivity contribution in [2.75, 3.05) is 0 Å². The zero-order valence-corrected chi connectivity index (χ0v) is 11.7. The van der Waals surface area contributed by atoms with Crippen molar-refractivity contribution in [3.8, 4) is 0 Å². The molecule has 2 aromatic heterocycles. The molecule has 0 aromatic carbocycles. The largest absolute Gasteiger partial charge is 0.307 e. The Morgan fingerprint density at radius 2 is 2.26 bits per heavy atom. The van der Waals surface area contributed by atoms with Gasteiger partial charge in [-0.2, -0.15) is 0 Å². The highest BCUT2D eigenvalue weighted by molar-refractivity contribution is 5.40. The lowest BCUT2D eigenvalue weighted by Crippen LogP contribution is -2.30. The van der Waals surface area contributed by atoms with Crippen molar-refractivity contribution < 1.29 is 0 Å². The lowest BCUT2D eigenvalue weighted by molar-refractivity contribution is 0.511. The average molecular weight is 256 g/mol. The molecule has 2 heterocycles. The summed E-state index contributed by atoms with van der Waals surface area (Å²) in [5, 5.41) is 3.48. The number of hydrogen-bond acceptors (Lipinski definition) is 3. The molecule has 0 aliphatic rings. The van der Waals surface area contributed by atoms with Gasteiger partial charge in [0.15, 0.2) is 0 Å². The number of pyridine rings is 1. The van der Waals surface area contributed by atoms with Crippen molar-refractivity contribution >= 4 is 12.4 Å². The predicted octanol–water partition coefficient (Wildman–Crippen LogP) is 2.98. The summed E-state index contributed by atoms with van der Waals surface area (Å²) in [7, 11) is 0. The molecule has 1 N–H and O–H groups in total. The Balaban J connectivity index is 2.15. The number of rotatable bonds is 5. The Bertz CT molecular complexity index is 564. The Morgan fingerprint density at radius 3 is 2.89 bits per heavy atom. The molecule has 2 atom stereocenters. The van der Waals surface area contributed by atoms with Gasteiger partial charge in [0, 0.05) is 24.5 Å². The summed E-state index contributed by atoms with van der Waals surface area (Å²) in [6, 6.07) is 6.31. The van der Waals surface area contributed by atoms with Crippen LogP contribution >= 0.6 is 0 Å². The van der Waals surface area contributed by atoms with Gasteiger partial charge in [-0.1, -0.05) is 12.1 Å². The van der Waals surface area contributed by atoms with Gasteiger partial charge in [0.2, 0.25) is 0 Å². The van der Waals surface area contributed by atoms with E-state index in [0.29, 0.717) is 0 Å². The second kappa shape index (κ2) is 5.80. The van der Waals surface area contributed by atoms with Gasteiger partial charge in [-0.3, -0.25) is 4.99 Å². The van der Waals surface area contributed by atoms with Crippen LogP contribution in [0.4, 0.5) is 0 Å². The third-order valence-corrected chi connectivity index (χ3v) is 3.25. The molecule has 4 nitrogen and oxygen atoms in total. The average Bonchev–Trinajstić information content (AvgIpc) is 2.84. The van der Waals surface area contributed by atoms with Crippen molar-refractivity contribution in [1.29, 1.82) is 0 Å². The lowest BCUT2D eigenvalue weighted by atomic mass is 10.2. The Morgan fingerprint density at radius 1 is 1.47 bits per heavy atom. The van der Waals surface area contributed by atoms with E-state index in [1.807, 2.05) is 41.8 Å². The van der Waals surface area contributed by atoms with Gasteiger partial charge in [0.05, 0.1) is 11.4 Å². The van der Waals surface area contributed by atoms with E-state index in [0.717, 1.165) is 17.0 Å². The molecule has 2 unspecified atom stereocenters. The van der Waals surface area contributed by atoms with Crippen LogP contribution in [0.15, 0.2) is 47.4 Å². The molecule has 100 valence electrons. The molecule has 2 aromatic rings. The first kappa shape index (κ1) is 13.5. The highest BCUT2D eigenvalue weighted by atomic mass is 15.0. The second-order valence-electron chi connectivity index (χ2n) is 4.61. The summed E-state index contributed by atoms with van der Waals surface area (Å²) in [5.41, 5.74) is 2.94. The van der Waals surface area contributed by atoms with E-state index in [1.54, 1.807) is 0 Å².